The molecular weight excluding hydrogens is 757 g/mol. The highest BCUT2D eigenvalue weighted by Crippen LogP contribution is 2.46. The molecule has 0 saturated heterocycles. The van der Waals surface area contributed by atoms with Crippen LogP contribution in [0.3, 0.4) is 0 Å². The van der Waals surface area contributed by atoms with Crippen LogP contribution in [0.25, 0.3) is 117 Å². The summed E-state index contributed by atoms with van der Waals surface area (Å²) in [5.41, 5.74) is 13.8. The second-order valence-corrected chi connectivity index (χ2v) is 15.5. The van der Waals surface area contributed by atoms with E-state index in [0.29, 0.717) is 17.5 Å². The molecule has 0 amide bonds. The van der Waals surface area contributed by atoms with Crippen LogP contribution in [0.1, 0.15) is 0 Å². The van der Waals surface area contributed by atoms with Gasteiger partial charge in [-0.25, -0.2) is 15.0 Å². The highest BCUT2D eigenvalue weighted by molar-refractivity contribution is 6.19. The minimum Gasteiger partial charge on any atom is -0.455 e. The third-order valence-electron chi connectivity index (χ3n) is 11.9. The van der Waals surface area contributed by atoms with Crippen molar-refractivity contribution in [1.82, 2.24) is 19.5 Å². The largest absolute Gasteiger partial charge is 0.455 e. The van der Waals surface area contributed by atoms with Crippen LogP contribution >= 0.6 is 0 Å². The zero-order valence-electron chi connectivity index (χ0n) is 33.5. The molecule has 5 nitrogen and oxygen atoms in total. The first kappa shape index (κ1) is 35.5. The maximum absolute atomic E-state index is 7.25. The Balaban J connectivity index is 1.18. The van der Waals surface area contributed by atoms with Gasteiger partial charge in [0.2, 0.25) is 0 Å². The fraction of sp³-hybridized carbons (Fsp3) is 0. The first-order valence-corrected chi connectivity index (χ1v) is 20.9. The average Bonchev–Trinajstić information content (AvgIpc) is 3.91. The van der Waals surface area contributed by atoms with E-state index in [1.165, 1.54) is 0 Å². The molecule has 62 heavy (non-hydrogen) atoms. The molecule has 0 aliphatic carbocycles. The van der Waals surface area contributed by atoms with Gasteiger partial charge in [-0.2, -0.15) is 0 Å². The lowest BCUT2D eigenvalue weighted by atomic mass is 9.92. The van der Waals surface area contributed by atoms with Gasteiger partial charge < -0.3 is 8.98 Å². The summed E-state index contributed by atoms with van der Waals surface area (Å²) in [7, 11) is 0. The molecule has 9 aromatic carbocycles. The van der Waals surface area contributed by atoms with Crippen molar-refractivity contribution in [1.29, 1.82) is 0 Å². The van der Waals surface area contributed by atoms with Crippen LogP contribution in [0.4, 0.5) is 0 Å². The molecular formula is C57H36N4O. The van der Waals surface area contributed by atoms with Crippen LogP contribution < -0.4 is 0 Å². The highest BCUT2D eigenvalue weighted by Gasteiger charge is 2.25. The van der Waals surface area contributed by atoms with E-state index in [1.54, 1.807) is 0 Å². The first-order chi connectivity index (χ1) is 30.8. The molecule has 0 radical (unpaired) electrons. The summed E-state index contributed by atoms with van der Waals surface area (Å²) in [6.45, 7) is 0. The number of hydrogen-bond donors (Lipinski definition) is 0. The molecule has 5 heteroatoms. The molecule has 3 heterocycles. The number of hydrogen-bond acceptors (Lipinski definition) is 4. The molecule has 0 saturated carbocycles. The van der Waals surface area contributed by atoms with Crippen molar-refractivity contribution < 1.29 is 4.42 Å². The second-order valence-electron chi connectivity index (χ2n) is 15.5. The predicted molar refractivity (Wildman–Crippen MR) is 254 cm³/mol. The second kappa shape index (κ2) is 14.7. The van der Waals surface area contributed by atoms with Crippen molar-refractivity contribution in [2.45, 2.75) is 0 Å². The topological polar surface area (TPSA) is 56.7 Å². The molecule has 12 aromatic rings. The monoisotopic (exact) mass is 792 g/mol. The number of fused-ring (bicyclic) bond motifs is 6. The van der Waals surface area contributed by atoms with Crippen LogP contribution in [-0.2, 0) is 0 Å². The molecule has 0 aliphatic rings. The zero-order valence-corrected chi connectivity index (χ0v) is 33.5. The highest BCUT2D eigenvalue weighted by atomic mass is 16.3. The Labute approximate surface area is 357 Å². The number of para-hydroxylation sites is 3. The molecule has 0 unspecified atom stereocenters. The first-order valence-electron chi connectivity index (χ1n) is 20.9. The number of furan rings is 1. The van der Waals surface area contributed by atoms with Crippen LogP contribution in [-0.4, -0.2) is 19.5 Å². The van der Waals surface area contributed by atoms with Gasteiger partial charge in [-0.15, -0.1) is 0 Å². The number of benzene rings is 9. The predicted octanol–water partition coefficient (Wildman–Crippen LogP) is 14.9. The molecule has 0 aliphatic heterocycles. The Morgan fingerprint density at radius 3 is 1.55 bits per heavy atom. The number of nitrogens with zero attached hydrogens (tertiary/aromatic N) is 4. The maximum Gasteiger partial charge on any atom is 0.167 e. The number of aromatic nitrogens is 4. The van der Waals surface area contributed by atoms with Crippen LogP contribution in [0.2, 0.25) is 0 Å². The van der Waals surface area contributed by atoms with E-state index in [2.05, 4.69) is 205 Å². The maximum atomic E-state index is 7.25. The summed E-state index contributed by atoms with van der Waals surface area (Å²) in [6.07, 6.45) is 0. The van der Waals surface area contributed by atoms with Gasteiger partial charge in [-0.05, 0) is 70.3 Å². The Bertz CT molecular complexity index is 3600. The van der Waals surface area contributed by atoms with Gasteiger partial charge in [0.05, 0.1) is 16.6 Å². The normalized spacial score (nSPS) is 11.5. The SMILES string of the molecule is c1ccc(-c2cc(-c3ccccc3)c3oc4c(-c5nc(-c6ccccc6)nc(-c6cccc7c8ccccc8n(-c8ccccc8)c67)n5)ccc(-c5ccccc5)c4c3c2)cc1. The lowest BCUT2D eigenvalue weighted by Gasteiger charge is -2.13. The Morgan fingerprint density at radius 2 is 0.855 bits per heavy atom. The van der Waals surface area contributed by atoms with Gasteiger partial charge >= 0.3 is 0 Å². The van der Waals surface area contributed by atoms with Crippen molar-refractivity contribution in [3.05, 3.63) is 218 Å². The Morgan fingerprint density at radius 1 is 0.323 bits per heavy atom. The molecule has 12 rings (SSSR count). The summed E-state index contributed by atoms with van der Waals surface area (Å²) in [4.78, 5) is 16.0. The summed E-state index contributed by atoms with van der Waals surface area (Å²) >= 11 is 0. The molecule has 3 aromatic heterocycles. The van der Waals surface area contributed by atoms with Gasteiger partial charge in [0.1, 0.15) is 11.2 Å². The minimum absolute atomic E-state index is 0.529. The third-order valence-corrected chi connectivity index (χ3v) is 11.9. The minimum atomic E-state index is 0.529. The summed E-state index contributed by atoms with van der Waals surface area (Å²) in [5.74, 6) is 1.69. The average molecular weight is 793 g/mol. The van der Waals surface area contributed by atoms with E-state index in [1.807, 2.05) is 18.2 Å². The van der Waals surface area contributed by atoms with E-state index >= 15 is 0 Å². The fourth-order valence-electron chi connectivity index (χ4n) is 9.02. The van der Waals surface area contributed by atoms with Crippen molar-refractivity contribution >= 4 is 43.7 Å². The lowest BCUT2D eigenvalue weighted by Crippen LogP contribution is -2.02. The van der Waals surface area contributed by atoms with Crippen molar-refractivity contribution in [3.8, 4) is 73.2 Å². The van der Waals surface area contributed by atoms with E-state index in [0.717, 1.165) is 99.5 Å². The van der Waals surface area contributed by atoms with Crippen molar-refractivity contribution in [2.75, 3.05) is 0 Å². The number of rotatable bonds is 7. The Hall–Kier alpha value is -8.41. The van der Waals surface area contributed by atoms with Crippen LogP contribution in [0, 0.1) is 0 Å². The Kier molecular flexibility index (Phi) is 8.42. The van der Waals surface area contributed by atoms with Gasteiger partial charge in [0.25, 0.3) is 0 Å². The van der Waals surface area contributed by atoms with Crippen molar-refractivity contribution in [2.24, 2.45) is 0 Å². The lowest BCUT2D eigenvalue weighted by molar-refractivity contribution is 0.670. The third kappa shape index (κ3) is 5.90. The molecule has 0 spiro atoms. The van der Waals surface area contributed by atoms with Gasteiger partial charge in [0.15, 0.2) is 17.5 Å². The molecule has 0 fully saturated rings. The van der Waals surface area contributed by atoms with Crippen LogP contribution in [0.15, 0.2) is 223 Å². The quantitative estimate of drug-likeness (QED) is 0.161. The summed E-state index contributed by atoms with van der Waals surface area (Å²) in [6, 6.07) is 76.1. The van der Waals surface area contributed by atoms with Gasteiger partial charge in [-0.3, -0.25) is 0 Å². The summed E-state index contributed by atoms with van der Waals surface area (Å²) < 4.78 is 9.58. The van der Waals surface area contributed by atoms with E-state index in [9.17, 15) is 0 Å². The van der Waals surface area contributed by atoms with E-state index in [4.69, 9.17) is 19.4 Å². The molecule has 290 valence electrons. The summed E-state index contributed by atoms with van der Waals surface area (Å²) in [5, 5.41) is 4.32. The fourth-order valence-corrected chi connectivity index (χ4v) is 9.02. The van der Waals surface area contributed by atoms with Crippen molar-refractivity contribution in [3.63, 3.8) is 0 Å². The van der Waals surface area contributed by atoms with Crippen LogP contribution in [0.5, 0.6) is 0 Å². The van der Waals surface area contributed by atoms with E-state index in [-0.39, 0.29) is 0 Å². The zero-order chi connectivity index (χ0) is 41.0. The standard InChI is InChI=1S/C57H36N4O/c1-6-19-37(20-7-1)41-35-48(39-23-10-3-11-24-39)53-49(36-41)51-43(38-21-8-2-9-22-38)33-34-47(54(51)62-53)57-59-55(40-25-12-4-13-26-40)58-56(60-57)46-31-18-30-45-44-29-16-17-32-50(44)61(52(45)46)42-27-14-5-15-28-42/h1-36H. The molecule has 0 atom stereocenters. The van der Waals surface area contributed by atoms with Gasteiger partial charge in [0, 0.05) is 43.9 Å². The van der Waals surface area contributed by atoms with Gasteiger partial charge in [-0.1, -0.05) is 176 Å². The molecule has 0 bridgehead atoms. The molecule has 0 N–H and O–H groups in total. The van der Waals surface area contributed by atoms with E-state index < -0.39 is 0 Å². The smallest absolute Gasteiger partial charge is 0.167 e.